The normalized spacial score (nSPS) is 22.5. The first-order chi connectivity index (χ1) is 16.8. The van der Waals surface area contributed by atoms with Crippen LogP contribution in [-0.4, -0.2) is 74.6 Å². The van der Waals surface area contributed by atoms with Crippen LogP contribution in [0.1, 0.15) is 24.3 Å². The molecule has 1 aromatic carbocycles. The van der Waals surface area contributed by atoms with Gasteiger partial charge < -0.3 is 30.9 Å². The number of nitrogens with zero attached hydrogens (tertiary/aromatic N) is 8. The summed E-state index contributed by atoms with van der Waals surface area (Å²) in [5, 5.41) is 27.1. The quantitative estimate of drug-likeness (QED) is 0.202. The van der Waals surface area contributed by atoms with Gasteiger partial charge in [0.05, 0.1) is 19.0 Å². The number of rotatable bonds is 8. The number of imidazole rings is 1. The molecule has 0 unspecified atom stereocenters. The fourth-order valence-corrected chi connectivity index (χ4v) is 4.06. The van der Waals surface area contributed by atoms with Crippen molar-refractivity contribution in [1.29, 1.82) is 0 Å². The average Bonchev–Trinajstić information content (AvgIpc) is 3.40. The van der Waals surface area contributed by atoms with Gasteiger partial charge in [0, 0.05) is 37.2 Å². The van der Waals surface area contributed by atoms with Crippen LogP contribution >= 0.6 is 0 Å². The number of anilines is 1. The van der Waals surface area contributed by atoms with Gasteiger partial charge in [-0.05, 0) is 11.1 Å². The van der Waals surface area contributed by atoms with Crippen LogP contribution in [-0.2, 0) is 9.53 Å². The van der Waals surface area contributed by atoms with E-state index >= 15 is 0 Å². The van der Waals surface area contributed by atoms with Crippen LogP contribution in [0.25, 0.3) is 21.6 Å². The molecule has 1 aliphatic rings. The highest BCUT2D eigenvalue weighted by Crippen LogP contribution is 2.32. The van der Waals surface area contributed by atoms with Gasteiger partial charge in [0.2, 0.25) is 5.91 Å². The van der Waals surface area contributed by atoms with E-state index in [9.17, 15) is 15.0 Å². The van der Waals surface area contributed by atoms with E-state index in [2.05, 4.69) is 30.3 Å². The Morgan fingerprint density at radius 1 is 1.34 bits per heavy atom. The Morgan fingerprint density at radius 2 is 2.09 bits per heavy atom. The number of amides is 1. The van der Waals surface area contributed by atoms with Crippen molar-refractivity contribution in [3.05, 3.63) is 52.9 Å². The number of nitrogens with two attached hydrogens (primary N) is 1. The van der Waals surface area contributed by atoms with Crippen molar-refractivity contribution >= 4 is 28.6 Å². The monoisotopic (exact) mass is 482 g/mol. The molecule has 5 N–H and O–H groups in total. The average molecular weight is 483 g/mol. The molecule has 0 aliphatic carbocycles. The van der Waals surface area contributed by atoms with Crippen molar-refractivity contribution in [3.63, 3.8) is 0 Å². The maximum absolute atomic E-state index is 12.7. The number of carbonyl (C=O) groups excluding carboxylic acids is 1. The lowest BCUT2D eigenvalue weighted by molar-refractivity contribution is -0.123. The third kappa shape index (κ3) is 4.87. The Balaban J connectivity index is 1.48. The maximum atomic E-state index is 12.7. The molecule has 35 heavy (non-hydrogen) atoms. The van der Waals surface area contributed by atoms with Gasteiger partial charge in [0.15, 0.2) is 23.2 Å². The van der Waals surface area contributed by atoms with Crippen molar-refractivity contribution in [1.82, 2.24) is 24.8 Å². The van der Waals surface area contributed by atoms with Crippen molar-refractivity contribution in [2.24, 2.45) is 10.8 Å². The van der Waals surface area contributed by atoms with Crippen molar-refractivity contribution in [3.8, 4) is 0 Å². The van der Waals surface area contributed by atoms with Gasteiger partial charge in [-0.2, -0.15) is 0 Å². The van der Waals surface area contributed by atoms with E-state index in [-0.39, 0.29) is 6.42 Å². The summed E-state index contributed by atoms with van der Waals surface area (Å²) in [6.45, 7) is -0.421. The van der Waals surface area contributed by atoms with E-state index in [1.54, 1.807) is 33.7 Å². The molecule has 2 aromatic heterocycles. The fourth-order valence-electron chi connectivity index (χ4n) is 4.06. The van der Waals surface area contributed by atoms with Gasteiger partial charge in [-0.1, -0.05) is 29.4 Å². The number of nitrogens with one attached hydrogen (secondary N) is 1. The summed E-state index contributed by atoms with van der Waals surface area (Å²) < 4.78 is 7.43. The van der Waals surface area contributed by atoms with E-state index < -0.39 is 43.0 Å². The minimum absolute atomic E-state index is 0.0691. The first-order valence-corrected chi connectivity index (χ1v) is 10.8. The highest BCUT2D eigenvalue weighted by Gasteiger charge is 2.45. The Labute approximate surface area is 200 Å². The molecule has 14 heteroatoms. The molecule has 0 radical (unpaired) electrons. The first kappa shape index (κ1) is 24.3. The van der Waals surface area contributed by atoms with Crippen molar-refractivity contribution in [2.45, 2.75) is 36.9 Å². The van der Waals surface area contributed by atoms with E-state index in [4.69, 9.17) is 16.0 Å². The van der Waals surface area contributed by atoms with Crippen LogP contribution in [0.4, 0.5) is 11.5 Å². The Hall–Kier alpha value is -3.81. The summed E-state index contributed by atoms with van der Waals surface area (Å²) in [6, 6.07) is 5.05. The van der Waals surface area contributed by atoms with E-state index in [0.29, 0.717) is 28.2 Å². The molecular formula is C21H26N10O4. The topological polar surface area (TPSA) is 200 Å². The second kappa shape index (κ2) is 10.2. The predicted molar refractivity (Wildman–Crippen MR) is 125 cm³/mol. The smallest absolute Gasteiger partial charge is 0.222 e. The molecule has 0 bridgehead atoms. The number of ether oxygens (including phenoxy) is 1. The predicted octanol–water partition coefficient (Wildman–Crippen LogP) is 0.660. The minimum atomic E-state index is -1.19. The summed E-state index contributed by atoms with van der Waals surface area (Å²) in [5.74, 6) is 0.183. The molecule has 3 aromatic rings. The number of hydrogen-bond donors (Lipinski definition) is 4. The third-order valence-corrected chi connectivity index (χ3v) is 5.81. The van der Waals surface area contributed by atoms with Crippen LogP contribution in [0.5, 0.6) is 0 Å². The van der Waals surface area contributed by atoms with Crippen LogP contribution in [0, 0.1) is 0 Å². The van der Waals surface area contributed by atoms with Gasteiger partial charge in [-0.3, -0.25) is 9.36 Å². The maximum Gasteiger partial charge on any atom is 0.222 e. The Morgan fingerprint density at radius 3 is 2.74 bits per heavy atom. The SMILES string of the molecule is CN(C)c1ncnc2c1ncn2[C@@H]1O[C@H](CO)[C@@H](NC(=O)C[C@@H](N)c2ccc(N=[N+]=[N-])cc2)[C@H]1O. The molecule has 14 nitrogen and oxygen atoms in total. The molecule has 1 aliphatic heterocycles. The number of carbonyl (C=O) groups is 1. The van der Waals surface area contributed by atoms with Crippen LogP contribution < -0.4 is 16.0 Å². The van der Waals surface area contributed by atoms with Gasteiger partial charge >= 0.3 is 0 Å². The fraction of sp³-hybridized carbons (Fsp3) is 0.429. The van der Waals surface area contributed by atoms with Crippen molar-refractivity contribution in [2.75, 3.05) is 25.6 Å². The van der Waals surface area contributed by atoms with Gasteiger partial charge in [0.25, 0.3) is 0 Å². The van der Waals surface area contributed by atoms with Gasteiger partial charge in [-0.15, -0.1) is 0 Å². The second-order valence-electron chi connectivity index (χ2n) is 8.34. The standard InChI is InChI=1S/C21H26N10O4/c1-30(2)19-17-20(25-9-24-19)31(10-26-17)21-18(34)16(14(8-32)35-21)27-15(33)7-13(22)11-3-5-12(6-4-11)28-29-23/h3-6,9-10,13-14,16,18,21,32,34H,7-8,22H2,1-2H3,(H,27,33)/t13-,14-,16-,18-,21-/m1/s1. The summed E-state index contributed by atoms with van der Waals surface area (Å²) in [6.07, 6.45) is -0.179. The molecule has 184 valence electrons. The Kier molecular flexibility index (Phi) is 7.10. The highest BCUT2D eigenvalue weighted by molar-refractivity contribution is 5.83. The summed E-state index contributed by atoms with van der Waals surface area (Å²) >= 11 is 0. The van der Waals surface area contributed by atoms with Crippen LogP contribution in [0.2, 0.25) is 0 Å². The number of hydrogen-bond acceptors (Lipinski definition) is 10. The molecule has 1 saturated heterocycles. The number of aliphatic hydroxyl groups excluding tert-OH is 2. The van der Waals surface area contributed by atoms with Crippen molar-refractivity contribution < 1.29 is 19.7 Å². The first-order valence-electron chi connectivity index (χ1n) is 10.8. The zero-order valence-electron chi connectivity index (χ0n) is 19.1. The largest absolute Gasteiger partial charge is 0.394 e. The van der Waals surface area contributed by atoms with Crippen LogP contribution in [0.3, 0.4) is 0 Å². The number of aliphatic hydroxyl groups is 2. The lowest BCUT2D eigenvalue weighted by Crippen LogP contribution is -2.48. The molecule has 5 atom stereocenters. The molecule has 4 rings (SSSR count). The Bertz CT molecular complexity index is 1240. The molecule has 0 saturated carbocycles. The number of fused-ring (bicyclic) bond motifs is 1. The minimum Gasteiger partial charge on any atom is -0.394 e. The zero-order valence-corrected chi connectivity index (χ0v) is 19.1. The number of azide groups is 1. The highest BCUT2D eigenvalue weighted by atomic mass is 16.5. The number of aromatic nitrogens is 4. The van der Waals surface area contributed by atoms with E-state index in [1.807, 2.05) is 14.1 Å². The van der Waals surface area contributed by atoms with Gasteiger partial charge in [0.1, 0.15) is 18.5 Å². The summed E-state index contributed by atoms with van der Waals surface area (Å²) in [7, 11) is 3.66. The molecule has 0 spiro atoms. The molecule has 1 fully saturated rings. The molecule has 1 amide bonds. The van der Waals surface area contributed by atoms with Gasteiger partial charge in [-0.25, -0.2) is 15.0 Å². The summed E-state index contributed by atoms with van der Waals surface area (Å²) in [4.78, 5) is 30.1. The van der Waals surface area contributed by atoms with E-state index in [1.165, 1.54) is 12.7 Å². The number of benzene rings is 1. The summed E-state index contributed by atoms with van der Waals surface area (Å²) in [5.41, 5.74) is 16.8. The second-order valence-corrected chi connectivity index (χ2v) is 8.34. The molecule has 3 heterocycles. The third-order valence-electron chi connectivity index (χ3n) is 5.81. The van der Waals surface area contributed by atoms with Crippen LogP contribution in [0.15, 0.2) is 42.0 Å². The zero-order chi connectivity index (χ0) is 25.1. The van der Waals surface area contributed by atoms with E-state index in [0.717, 1.165) is 0 Å². The lowest BCUT2D eigenvalue weighted by atomic mass is 10.0. The lowest BCUT2D eigenvalue weighted by Gasteiger charge is -2.22. The molecular weight excluding hydrogens is 456 g/mol.